The van der Waals surface area contributed by atoms with Gasteiger partial charge in [0.1, 0.15) is 11.7 Å². The predicted octanol–water partition coefficient (Wildman–Crippen LogP) is 6.33. The van der Waals surface area contributed by atoms with Gasteiger partial charge in [-0.25, -0.2) is 0 Å². The van der Waals surface area contributed by atoms with Crippen molar-refractivity contribution in [1.29, 1.82) is 0 Å². The summed E-state index contributed by atoms with van der Waals surface area (Å²) in [6, 6.07) is 0. The molecule has 0 aliphatic heterocycles. The van der Waals surface area contributed by atoms with Gasteiger partial charge in [0.25, 0.3) is 0 Å². The van der Waals surface area contributed by atoms with Crippen molar-refractivity contribution in [2.45, 2.75) is 11.7 Å². The lowest BCUT2D eigenvalue weighted by atomic mass is 9.84. The molecule has 1 aromatic rings. The van der Waals surface area contributed by atoms with E-state index >= 15 is 0 Å². The van der Waals surface area contributed by atoms with E-state index in [0.29, 0.717) is 0 Å². The Hall–Kier alpha value is 0.940. The minimum absolute atomic E-state index is 0.0919. The fraction of sp³-hybridized carbons (Fsp3) is 0.167. The molecule has 2 unspecified atom stereocenters. The summed E-state index contributed by atoms with van der Waals surface area (Å²) in [5.74, 6) is 0. The summed E-state index contributed by atoms with van der Waals surface area (Å²) in [6.07, 6.45) is -0.645. The molecule has 0 bridgehead atoms. The minimum Gasteiger partial charge on any atom is -0.384 e. The molecule has 0 aromatic heterocycles. The van der Waals surface area contributed by atoms with E-state index in [4.69, 9.17) is 92.8 Å². The van der Waals surface area contributed by atoms with Crippen LogP contribution in [0.15, 0.2) is 21.2 Å². The molecule has 0 saturated heterocycles. The Balaban J connectivity index is 2.83. The van der Waals surface area contributed by atoms with Crippen molar-refractivity contribution in [2.24, 2.45) is 0 Å². The lowest BCUT2D eigenvalue weighted by Crippen LogP contribution is -2.41. The van der Waals surface area contributed by atoms with Gasteiger partial charge in [-0.15, -0.1) is 0 Å². The number of allylic oxidation sites excluding steroid dienone is 2. The molecule has 2 nitrogen and oxygen atoms in total. The van der Waals surface area contributed by atoms with Gasteiger partial charge in [0.2, 0.25) is 0 Å². The third kappa shape index (κ3) is 2.86. The second kappa shape index (κ2) is 6.68. The number of hydrogen-bond acceptors (Lipinski definition) is 2. The molecule has 0 fully saturated rings. The van der Waals surface area contributed by atoms with E-state index < -0.39 is 11.7 Å². The molecule has 0 heterocycles. The number of hydrogen-bond donors (Lipinski definition) is 2. The largest absolute Gasteiger partial charge is 0.384 e. The number of halogens is 8. The molecule has 120 valence electrons. The molecule has 1 aromatic carbocycles. The van der Waals surface area contributed by atoms with Crippen LogP contribution in [0.1, 0.15) is 5.56 Å². The lowest BCUT2D eigenvalue weighted by molar-refractivity contribution is -0.0222. The second-order valence-electron chi connectivity index (χ2n) is 4.33. The van der Waals surface area contributed by atoms with Crippen LogP contribution < -0.4 is 0 Å². The molecule has 2 rings (SSSR count). The van der Waals surface area contributed by atoms with Gasteiger partial charge in [0.15, 0.2) is 0 Å². The molecule has 0 spiro atoms. The molecule has 1 aliphatic rings. The summed E-state index contributed by atoms with van der Waals surface area (Å²) < 4.78 is 0. The van der Waals surface area contributed by atoms with Crippen molar-refractivity contribution >= 4 is 92.8 Å². The van der Waals surface area contributed by atoms with Crippen LogP contribution in [0.3, 0.4) is 0 Å². The summed E-state index contributed by atoms with van der Waals surface area (Å²) in [4.78, 5) is 0. The van der Waals surface area contributed by atoms with E-state index in [-0.39, 0.29) is 45.8 Å². The van der Waals surface area contributed by atoms with Gasteiger partial charge >= 0.3 is 0 Å². The van der Waals surface area contributed by atoms with Crippen LogP contribution >= 0.6 is 92.8 Å². The summed E-state index contributed by atoms with van der Waals surface area (Å²) in [5, 5.41) is 19.8. The Bertz CT molecular complexity index is 697. The summed E-state index contributed by atoms with van der Waals surface area (Å²) in [5.41, 5.74) is -2.39. The second-order valence-corrected chi connectivity index (χ2v) is 7.41. The van der Waals surface area contributed by atoms with Crippen molar-refractivity contribution in [3.05, 3.63) is 51.8 Å². The normalized spacial score (nSPS) is 25.5. The maximum absolute atomic E-state index is 10.9. The van der Waals surface area contributed by atoms with Gasteiger partial charge in [-0.3, -0.25) is 0 Å². The van der Waals surface area contributed by atoms with Crippen molar-refractivity contribution in [3.63, 3.8) is 0 Å². The molecule has 0 saturated carbocycles. The molecule has 10 heteroatoms. The molecule has 2 N–H and O–H groups in total. The maximum Gasteiger partial charge on any atom is 0.143 e. The van der Waals surface area contributed by atoms with Gasteiger partial charge in [-0.2, -0.15) is 0 Å². The quantitative estimate of drug-likeness (QED) is 0.377. The average Bonchev–Trinajstić information content (AvgIpc) is 2.47. The van der Waals surface area contributed by atoms with Crippen molar-refractivity contribution in [2.75, 3.05) is 0 Å². The Morgan fingerprint density at radius 3 is 1.64 bits per heavy atom. The SMILES string of the molecule is OC1C(Cl)=C(Cl)C(Cl)=CC1(O)c1c(Cl)c(Cl)c(Cl)c(Cl)c1Cl. The first kappa shape index (κ1) is 19.3. The topological polar surface area (TPSA) is 40.5 Å². The molecular formula is C12H4Cl8O2. The minimum atomic E-state index is -2.20. The smallest absolute Gasteiger partial charge is 0.143 e. The van der Waals surface area contributed by atoms with E-state index in [1.54, 1.807) is 0 Å². The number of aliphatic hydroxyl groups excluding tert-OH is 1. The Morgan fingerprint density at radius 1 is 0.773 bits per heavy atom. The third-order valence-corrected chi connectivity index (χ3v) is 6.60. The molecule has 0 amide bonds. The van der Waals surface area contributed by atoms with Gasteiger partial charge in [-0.05, 0) is 6.08 Å². The zero-order valence-corrected chi connectivity index (χ0v) is 16.1. The maximum atomic E-state index is 10.9. The standard InChI is InChI=1S/C12H4Cl8O2/c13-2-1-12(22,11(21)10(20)4(2)14)3-5(15)7(17)9(19)8(18)6(3)16/h1,11,21-22H. The molecule has 22 heavy (non-hydrogen) atoms. The predicted molar refractivity (Wildman–Crippen MR) is 94.1 cm³/mol. The van der Waals surface area contributed by atoms with E-state index in [1.165, 1.54) is 0 Å². The average molecular weight is 464 g/mol. The van der Waals surface area contributed by atoms with E-state index in [1.807, 2.05) is 0 Å². The van der Waals surface area contributed by atoms with E-state index in [2.05, 4.69) is 0 Å². The monoisotopic (exact) mass is 460 g/mol. The highest BCUT2D eigenvalue weighted by molar-refractivity contribution is 6.55. The van der Waals surface area contributed by atoms with Gasteiger partial charge < -0.3 is 10.2 Å². The van der Waals surface area contributed by atoms with Crippen LogP contribution in [0.2, 0.25) is 25.1 Å². The van der Waals surface area contributed by atoms with Crippen LogP contribution in [-0.4, -0.2) is 16.3 Å². The van der Waals surface area contributed by atoms with Gasteiger partial charge in [0, 0.05) is 5.56 Å². The molecular weight excluding hydrogens is 460 g/mol. The Kier molecular flexibility index (Phi) is 5.85. The zero-order valence-electron chi connectivity index (χ0n) is 10.1. The highest BCUT2D eigenvalue weighted by atomic mass is 35.5. The fourth-order valence-electron chi connectivity index (χ4n) is 1.93. The van der Waals surface area contributed by atoms with Gasteiger partial charge in [-0.1, -0.05) is 92.8 Å². The first-order valence-electron chi connectivity index (χ1n) is 5.40. The van der Waals surface area contributed by atoms with Crippen molar-refractivity contribution in [1.82, 2.24) is 0 Å². The molecule has 2 atom stereocenters. The van der Waals surface area contributed by atoms with Gasteiger partial charge in [0.05, 0.1) is 40.2 Å². The first-order valence-corrected chi connectivity index (χ1v) is 8.42. The van der Waals surface area contributed by atoms with Crippen LogP contribution in [0, 0.1) is 0 Å². The van der Waals surface area contributed by atoms with Crippen LogP contribution in [-0.2, 0) is 5.60 Å². The summed E-state index contributed by atoms with van der Waals surface area (Å²) in [6.45, 7) is 0. The molecule has 0 radical (unpaired) electrons. The van der Waals surface area contributed by atoms with Crippen LogP contribution in [0.25, 0.3) is 0 Å². The number of benzene rings is 1. The Labute approximate surface area is 165 Å². The van der Waals surface area contributed by atoms with Crippen molar-refractivity contribution < 1.29 is 10.2 Å². The number of aliphatic hydroxyl groups is 2. The summed E-state index contributed by atoms with van der Waals surface area (Å²) in [7, 11) is 0. The third-order valence-electron chi connectivity index (χ3n) is 3.03. The van der Waals surface area contributed by atoms with E-state index in [9.17, 15) is 10.2 Å². The fourth-order valence-corrected chi connectivity index (χ4v) is 4.11. The Morgan fingerprint density at radius 2 is 1.18 bits per heavy atom. The first-order chi connectivity index (χ1) is 10.0. The summed E-state index contributed by atoms with van der Waals surface area (Å²) >= 11 is 47.7. The zero-order chi connectivity index (χ0) is 17.0. The molecule has 1 aliphatic carbocycles. The highest BCUT2D eigenvalue weighted by Crippen LogP contribution is 2.52. The van der Waals surface area contributed by atoms with Crippen molar-refractivity contribution in [3.8, 4) is 0 Å². The lowest BCUT2D eigenvalue weighted by Gasteiger charge is -2.35. The van der Waals surface area contributed by atoms with Crippen LogP contribution in [0.4, 0.5) is 0 Å². The number of rotatable bonds is 1. The van der Waals surface area contributed by atoms with E-state index in [0.717, 1.165) is 6.08 Å². The van der Waals surface area contributed by atoms with Crippen LogP contribution in [0.5, 0.6) is 0 Å². The highest BCUT2D eigenvalue weighted by Gasteiger charge is 2.46.